The molecule has 0 saturated heterocycles. The summed E-state index contributed by atoms with van der Waals surface area (Å²) in [6, 6.07) is 6.30. The molecule has 2 rings (SSSR count). The smallest absolute Gasteiger partial charge is 0.248 e. The summed E-state index contributed by atoms with van der Waals surface area (Å²) in [6.07, 6.45) is 0.882. The molecule has 0 spiro atoms. The van der Waals surface area contributed by atoms with Gasteiger partial charge in [0.05, 0.1) is 0 Å². The van der Waals surface area contributed by atoms with Gasteiger partial charge in [0.25, 0.3) is 0 Å². The van der Waals surface area contributed by atoms with Crippen molar-refractivity contribution in [2.45, 2.75) is 50.9 Å². The van der Waals surface area contributed by atoms with Crippen molar-refractivity contribution < 1.29 is 8.78 Å². The molecule has 0 bridgehead atoms. The van der Waals surface area contributed by atoms with Crippen molar-refractivity contribution in [2.24, 2.45) is 5.73 Å². The lowest BCUT2D eigenvalue weighted by Gasteiger charge is -2.40. The van der Waals surface area contributed by atoms with E-state index in [-0.39, 0.29) is 18.3 Å². The average molecular weight is 253 g/mol. The van der Waals surface area contributed by atoms with E-state index in [0.29, 0.717) is 19.4 Å². The normalized spacial score (nSPS) is 21.8. The zero-order chi connectivity index (χ0) is 13.4. The van der Waals surface area contributed by atoms with E-state index in [0.717, 1.165) is 5.56 Å². The van der Waals surface area contributed by atoms with Crippen LogP contribution in [0.4, 0.5) is 8.78 Å². The fraction of sp³-hybridized carbons (Fsp3) is 0.600. The van der Waals surface area contributed by atoms with Crippen LogP contribution in [0.25, 0.3) is 0 Å². The van der Waals surface area contributed by atoms with Gasteiger partial charge < -0.3 is 5.73 Å². The van der Waals surface area contributed by atoms with Crippen LogP contribution in [0.1, 0.15) is 42.4 Å². The van der Waals surface area contributed by atoms with E-state index in [4.69, 9.17) is 5.73 Å². The lowest BCUT2D eigenvalue weighted by atomic mass is 9.68. The summed E-state index contributed by atoms with van der Waals surface area (Å²) in [4.78, 5) is 0. The Bertz CT molecular complexity index is 410. The van der Waals surface area contributed by atoms with E-state index in [9.17, 15) is 8.78 Å². The van der Waals surface area contributed by atoms with E-state index in [1.807, 2.05) is 13.8 Å². The number of rotatable bonds is 2. The monoisotopic (exact) mass is 253 g/mol. The van der Waals surface area contributed by atoms with Crippen LogP contribution in [-0.4, -0.2) is 12.5 Å². The third kappa shape index (κ3) is 2.56. The van der Waals surface area contributed by atoms with Crippen LogP contribution in [0.5, 0.6) is 0 Å². The van der Waals surface area contributed by atoms with Crippen LogP contribution in [0.15, 0.2) is 18.2 Å². The molecule has 0 amide bonds. The quantitative estimate of drug-likeness (QED) is 0.854. The Kier molecular flexibility index (Phi) is 3.45. The Labute approximate surface area is 107 Å². The zero-order valence-electron chi connectivity index (χ0n) is 11.1. The SMILES string of the molecule is Cc1cc(C)cc(C2(CN)CCC(F)(F)CC2)c1. The second-order valence-electron chi connectivity index (χ2n) is 5.72. The maximum absolute atomic E-state index is 13.3. The molecule has 0 heterocycles. The van der Waals surface area contributed by atoms with Crippen molar-refractivity contribution in [3.8, 4) is 0 Å². The molecule has 0 radical (unpaired) electrons. The number of hydrogen-bond acceptors (Lipinski definition) is 1. The van der Waals surface area contributed by atoms with E-state index in [2.05, 4.69) is 18.2 Å². The van der Waals surface area contributed by atoms with Gasteiger partial charge in [0.1, 0.15) is 0 Å². The molecule has 0 atom stereocenters. The van der Waals surface area contributed by atoms with Gasteiger partial charge in [-0.15, -0.1) is 0 Å². The van der Waals surface area contributed by atoms with Crippen LogP contribution in [0, 0.1) is 13.8 Å². The Balaban J connectivity index is 2.33. The second kappa shape index (κ2) is 4.61. The summed E-state index contributed by atoms with van der Waals surface area (Å²) in [5, 5.41) is 0. The topological polar surface area (TPSA) is 26.0 Å². The number of halogens is 2. The first-order chi connectivity index (χ1) is 8.37. The van der Waals surface area contributed by atoms with Crippen molar-refractivity contribution in [3.05, 3.63) is 34.9 Å². The van der Waals surface area contributed by atoms with Gasteiger partial charge in [0, 0.05) is 24.8 Å². The second-order valence-corrected chi connectivity index (χ2v) is 5.72. The molecule has 100 valence electrons. The Hall–Kier alpha value is -0.960. The number of aryl methyl sites for hydroxylation is 2. The van der Waals surface area contributed by atoms with Gasteiger partial charge in [-0.05, 0) is 32.3 Å². The predicted octanol–water partition coefficient (Wildman–Crippen LogP) is 3.71. The number of alkyl halides is 2. The highest BCUT2D eigenvalue weighted by atomic mass is 19.3. The van der Waals surface area contributed by atoms with E-state index >= 15 is 0 Å². The number of nitrogens with two attached hydrogens (primary N) is 1. The standard InChI is InChI=1S/C15H21F2N/c1-11-7-12(2)9-13(8-11)14(10-18)3-5-15(16,17)6-4-14/h7-9H,3-6,10,18H2,1-2H3. The maximum atomic E-state index is 13.3. The first-order valence-electron chi connectivity index (χ1n) is 6.54. The molecule has 0 aliphatic heterocycles. The van der Waals surface area contributed by atoms with Gasteiger partial charge in [-0.25, -0.2) is 8.78 Å². The average Bonchev–Trinajstić information content (AvgIpc) is 2.28. The number of benzene rings is 1. The third-order valence-electron chi connectivity index (χ3n) is 4.16. The molecule has 1 aliphatic carbocycles. The van der Waals surface area contributed by atoms with Crippen LogP contribution < -0.4 is 5.73 Å². The Morgan fingerprint density at radius 1 is 1.00 bits per heavy atom. The molecule has 1 saturated carbocycles. The summed E-state index contributed by atoms with van der Waals surface area (Å²) in [5.74, 6) is -2.50. The Morgan fingerprint density at radius 3 is 1.94 bits per heavy atom. The molecule has 0 unspecified atom stereocenters. The van der Waals surface area contributed by atoms with E-state index in [1.54, 1.807) is 0 Å². The fourth-order valence-corrected chi connectivity index (χ4v) is 2.99. The van der Waals surface area contributed by atoms with Gasteiger partial charge >= 0.3 is 0 Å². The van der Waals surface area contributed by atoms with Crippen LogP contribution in [0.2, 0.25) is 0 Å². The first-order valence-corrected chi connectivity index (χ1v) is 6.54. The summed E-state index contributed by atoms with van der Waals surface area (Å²) in [6.45, 7) is 4.53. The molecule has 3 heteroatoms. The highest BCUT2D eigenvalue weighted by molar-refractivity contribution is 5.35. The van der Waals surface area contributed by atoms with Crippen LogP contribution >= 0.6 is 0 Å². The van der Waals surface area contributed by atoms with Gasteiger partial charge in [-0.3, -0.25) is 0 Å². The largest absolute Gasteiger partial charge is 0.330 e. The summed E-state index contributed by atoms with van der Waals surface area (Å²) in [7, 11) is 0. The molecular formula is C15H21F2N. The van der Waals surface area contributed by atoms with Gasteiger partial charge in [-0.1, -0.05) is 29.3 Å². The first kappa shape index (κ1) is 13.5. The zero-order valence-corrected chi connectivity index (χ0v) is 11.1. The van der Waals surface area contributed by atoms with E-state index < -0.39 is 5.92 Å². The molecule has 18 heavy (non-hydrogen) atoms. The summed E-state index contributed by atoms with van der Waals surface area (Å²) >= 11 is 0. The predicted molar refractivity (Wildman–Crippen MR) is 70.1 cm³/mol. The van der Waals surface area contributed by atoms with E-state index in [1.165, 1.54) is 11.1 Å². The van der Waals surface area contributed by atoms with Gasteiger partial charge in [0.2, 0.25) is 5.92 Å². The Morgan fingerprint density at radius 2 is 1.50 bits per heavy atom. The van der Waals surface area contributed by atoms with Crippen molar-refractivity contribution in [1.29, 1.82) is 0 Å². The minimum atomic E-state index is -2.50. The molecule has 0 aromatic heterocycles. The molecule has 1 aliphatic rings. The van der Waals surface area contributed by atoms with Crippen LogP contribution in [0.3, 0.4) is 0 Å². The lowest BCUT2D eigenvalue weighted by Crippen LogP contribution is -2.42. The van der Waals surface area contributed by atoms with Crippen LogP contribution in [-0.2, 0) is 5.41 Å². The fourth-order valence-electron chi connectivity index (χ4n) is 2.99. The van der Waals surface area contributed by atoms with Gasteiger partial charge in [0.15, 0.2) is 0 Å². The van der Waals surface area contributed by atoms with Crippen molar-refractivity contribution in [2.75, 3.05) is 6.54 Å². The minimum Gasteiger partial charge on any atom is -0.330 e. The lowest BCUT2D eigenvalue weighted by molar-refractivity contribution is -0.0509. The molecular weight excluding hydrogens is 232 g/mol. The van der Waals surface area contributed by atoms with Crippen molar-refractivity contribution in [1.82, 2.24) is 0 Å². The van der Waals surface area contributed by atoms with Crippen molar-refractivity contribution >= 4 is 0 Å². The molecule has 1 aromatic rings. The van der Waals surface area contributed by atoms with Crippen molar-refractivity contribution in [3.63, 3.8) is 0 Å². The molecule has 1 aromatic carbocycles. The highest BCUT2D eigenvalue weighted by Gasteiger charge is 2.43. The molecule has 2 N–H and O–H groups in total. The summed E-state index contributed by atoms with van der Waals surface area (Å²) < 4.78 is 26.6. The summed E-state index contributed by atoms with van der Waals surface area (Å²) in [5.41, 5.74) is 9.15. The third-order valence-corrected chi connectivity index (χ3v) is 4.16. The molecule has 1 nitrogen and oxygen atoms in total. The molecule has 1 fully saturated rings. The minimum absolute atomic E-state index is 0.0445. The number of hydrogen-bond donors (Lipinski definition) is 1. The highest BCUT2D eigenvalue weighted by Crippen LogP contribution is 2.45. The van der Waals surface area contributed by atoms with Gasteiger partial charge in [-0.2, -0.15) is 0 Å². The maximum Gasteiger partial charge on any atom is 0.248 e.